The van der Waals surface area contributed by atoms with Gasteiger partial charge in [-0.2, -0.15) is 0 Å². The minimum Gasteiger partial charge on any atom is -0.366 e. The zero-order chi connectivity index (χ0) is 21.5. The van der Waals surface area contributed by atoms with Crippen LogP contribution in [0.3, 0.4) is 0 Å². The van der Waals surface area contributed by atoms with E-state index in [1.165, 1.54) is 6.07 Å². The predicted octanol–water partition coefficient (Wildman–Crippen LogP) is 2.82. The SMILES string of the molecule is CCNC(=NCc1ccc(C(=O)N(C)C)cc1)N1CCN(c2ccccc2F)CC1. The Morgan fingerprint density at radius 3 is 2.33 bits per heavy atom. The molecular weight excluding hydrogens is 381 g/mol. The standard InChI is InChI=1S/C23H30FN5O/c1-4-25-23(26-17-18-9-11-19(12-10-18)22(30)27(2)3)29-15-13-28(14-16-29)21-8-6-5-7-20(21)24/h5-12H,4,13-17H2,1-3H3,(H,25,26). The van der Waals surface area contributed by atoms with Gasteiger partial charge in [-0.25, -0.2) is 9.38 Å². The van der Waals surface area contributed by atoms with Crippen molar-refractivity contribution in [2.45, 2.75) is 13.5 Å². The third-order valence-electron chi connectivity index (χ3n) is 5.13. The number of rotatable bonds is 5. The smallest absolute Gasteiger partial charge is 0.253 e. The first-order valence-corrected chi connectivity index (χ1v) is 10.3. The van der Waals surface area contributed by atoms with Crippen LogP contribution in [0.1, 0.15) is 22.8 Å². The maximum atomic E-state index is 14.1. The molecule has 6 nitrogen and oxygen atoms in total. The third kappa shape index (κ3) is 5.28. The summed E-state index contributed by atoms with van der Waals surface area (Å²) < 4.78 is 14.1. The largest absolute Gasteiger partial charge is 0.366 e. The molecule has 2 aromatic carbocycles. The number of piperazine rings is 1. The molecule has 1 aliphatic rings. The summed E-state index contributed by atoms with van der Waals surface area (Å²) in [6, 6.07) is 14.5. The Hall–Kier alpha value is -3.09. The lowest BCUT2D eigenvalue weighted by Gasteiger charge is -2.37. The first kappa shape index (κ1) is 21.6. The lowest BCUT2D eigenvalue weighted by Crippen LogP contribution is -2.52. The summed E-state index contributed by atoms with van der Waals surface area (Å²) >= 11 is 0. The van der Waals surface area contributed by atoms with E-state index in [1.807, 2.05) is 43.3 Å². The van der Waals surface area contributed by atoms with E-state index < -0.39 is 0 Å². The number of aliphatic imine (C=N–C) groups is 1. The number of carbonyl (C=O) groups is 1. The Kier molecular flexibility index (Phi) is 7.27. The minimum atomic E-state index is -0.178. The van der Waals surface area contributed by atoms with E-state index in [0.29, 0.717) is 17.8 Å². The van der Waals surface area contributed by atoms with E-state index in [2.05, 4.69) is 15.1 Å². The van der Waals surface area contributed by atoms with Crippen molar-refractivity contribution in [2.24, 2.45) is 4.99 Å². The van der Waals surface area contributed by atoms with Crippen molar-refractivity contribution in [3.8, 4) is 0 Å². The molecule has 0 unspecified atom stereocenters. The van der Waals surface area contributed by atoms with Crippen LogP contribution in [0.5, 0.6) is 0 Å². The Bertz CT molecular complexity index is 873. The number of nitrogens with zero attached hydrogens (tertiary/aromatic N) is 4. The summed E-state index contributed by atoms with van der Waals surface area (Å²) in [5.74, 6) is 0.674. The Morgan fingerprint density at radius 2 is 1.73 bits per heavy atom. The lowest BCUT2D eigenvalue weighted by molar-refractivity contribution is 0.0827. The number of halogens is 1. The topological polar surface area (TPSA) is 51.2 Å². The van der Waals surface area contributed by atoms with Crippen molar-refractivity contribution >= 4 is 17.6 Å². The molecule has 30 heavy (non-hydrogen) atoms. The number of nitrogens with one attached hydrogen (secondary N) is 1. The van der Waals surface area contributed by atoms with Gasteiger partial charge in [0.05, 0.1) is 12.2 Å². The number of hydrogen-bond donors (Lipinski definition) is 1. The second kappa shape index (κ2) is 10.1. The molecule has 0 aromatic heterocycles. The van der Waals surface area contributed by atoms with E-state index in [4.69, 9.17) is 4.99 Å². The van der Waals surface area contributed by atoms with E-state index in [0.717, 1.165) is 44.2 Å². The van der Waals surface area contributed by atoms with Gasteiger partial charge in [-0.15, -0.1) is 0 Å². The fraction of sp³-hybridized carbons (Fsp3) is 0.391. The van der Waals surface area contributed by atoms with Crippen LogP contribution in [0.2, 0.25) is 0 Å². The molecule has 1 heterocycles. The highest BCUT2D eigenvalue weighted by Gasteiger charge is 2.21. The molecular formula is C23H30FN5O. The molecule has 7 heteroatoms. The van der Waals surface area contributed by atoms with Gasteiger partial charge in [0.1, 0.15) is 5.82 Å². The predicted molar refractivity (Wildman–Crippen MR) is 119 cm³/mol. The number of hydrogen-bond acceptors (Lipinski definition) is 3. The Balaban J connectivity index is 1.62. The molecule has 1 amide bonds. The van der Waals surface area contributed by atoms with Crippen LogP contribution in [0.4, 0.5) is 10.1 Å². The first-order valence-electron chi connectivity index (χ1n) is 10.3. The van der Waals surface area contributed by atoms with Crippen molar-refractivity contribution < 1.29 is 9.18 Å². The molecule has 1 N–H and O–H groups in total. The summed E-state index contributed by atoms with van der Waals surface area (Å²) in [5.41, 5.74) is 2.38. The summed E-state index contributed by atoms with van der Waals surface area (Å²) in [6.45, 7) is 6.40. The average Bonchev–Trinajstić information content (AvgIpc) is 2.77. The van der Waals surface area contributed by atoms with Crippen LogP contribution in [-0.4, -0.2) is 68.5 Å². The van der Waals surface area contributed by atoms with Crippen LogP contribution in [0.25, 0.3) is 0 Å². The summed E-state index contributed by atoms with van der Waals surface area (Å²) in [6.07, 6.45) is 0. The summed E-state index contributed by atoms with van der Waals surface area (Å²) in [4.78, 5) is 22.7. The molecule has 0 aliphatic carbocycles. The quantitative estimate of drug-likeness (QED) is 0.607. The summed E-state index contributed by atoms with van der Waals surface area (Å²) in [5, 5.41) is 3.36. The molecule has 0 atom stereocenters. The van der Waals surface area contributed by atoms with Crippen LogP contribution < -0.4 is 10.2 Å². The molecule has 0 radical (unpaired) electrons. The Labute approximate surface area is 178 Å². The fourth-order valence-corrected chi connectivity index (χ4v) is 3.47. The molecule has 1 fully saturated rings. The molecule has 0 saturated carbocycles. The second-order valence-corrected chi connectivity index (χ2v) is 7.49. The van der Waals surface area contributed by atoms with Crippen LogP contribution in [0.15, 0.2) is 53.5 Å². The molecule has 1 saturated heterocycles. The van der Waals surface area contributed by atoms with Gasteiger partial charge in [0.2, 0.25) is 0 Å². The van der Waals surface area contributed by atoms with Crippen molar-refractivity contribution in [3.63, 3.8) is 0 Å². The van der Waals surface area contributed by atoms with Crippen LogP contribution >= 0.6 is 0 Å². The van der Waals surface area contributed by atoms with E-state index in [9.17, 15) is 9.18 Å². The van der Waals surface area contributed by atoms with Gasteiger partial charge in [-0.05, 0) is 36.8 Å². The van der Waals surface area contributed by atoms with Gasteiger partial charge in [-0.3, -0.25) is 4.79 Å². The number of amides is 1. The van der Waals surface area contributed by atoms with Gasteiger partial charge in [0, 0.05) is 52.4 Å². The van der Waals surface area contributed by atoms with Gasteiger partial charge >= 0.3 is 0 Å². The van der Waals surface area contributed by atoms with Crippen molar-refractivity contribution in [2.75, 3.05) is 51.7 Å². The third-order valence-corrected chi connectivity index (χ3v) is 5.13. The molecule has 1 aliphatic heterocycles. The van der Waals surface area contributed by atoms with Gasteiger partial charge < -0.3 is 20.0 Å². The Morgan fingerprint density at radius 1 is 1.07 bits per heavy atom. The zero-order valence-electron chi connectivity index (χ0n) is 17.9. The summed E-state index contributed by atoms with van der Waals surface area (Å²) in [7, 11) is 3.49. The molecule has 3 rings (SSSR count). The molecule has 160 valence electrons. The maximum absolute atomic E-state index is 14.1. The van der Waals surface area contributed by atoms with E-state index in [-0.39, 0.29) is 11.7 Å². The van der Waals surface area contributed by atoms with Crippen LogP contribution in [0, 0.1) is 5.82 Å². The highest BCUT2D eigenvalue weighted by molar-refractivity contribution is 5.93. The van der Waals surface area contributed by atoms with E-state index in [1.54, 1.807) is 25.1 Å². The van der Waals surface area contributed by atoms with Crippen molar-refractivity contribution in [1.82, 2.24) is 15.1 Å². The minimum absolute atomic E-state index is 0.00823. The number of carbonyl (C=O) groups excluding carboxylic acids is 1. The monoisotopic (exact) mass is 411 g/mol. The highest BCUT2D eigenvalue weighted by atomic mass is 19.1. The van der Waals surface area contributed by atoms with Gasteiger partial charge in [0.15, 0.2) is 5.96 Å². The molecule has 2 aromatic rings. The fourth-order valence-electron chi connectivity index (χ4n) is 3.47. The van der Waals surface area contributed by atoms with Gasteiger partial charge in [0.25, 0.3) is 5.91 Å². The van der Waals surface area contributed by atoms with Crippen molar-refractivity contribution in [1.29, 1.82) is 0 Å². The van der Waals surface area contributed by atoms with E-state index >= 15 is 0 Å². The number of benzene rings is 2. The highest BCUT2D eigenvalue weighted by Crippen LogP contribution is 2.20. The van der Waals surface area contributed by atoms with Crippen LogP contribution in [-0.2, 0) is 6.54 Å². The normalized spacial score (nSPS) is 14.6. The number of guanidine groups is 1. The second-order valence-electron chi connectivity index (χ2n) is 7.49. The molecule has 0 bridgehead atoms. The maximum Gasteiger partial charge on any atom is 0.253 e. The van der Waals surface area contributed by atoms with Gasteiger partial charge in [-0.1, -0.05) is 24.3 Å². The number of anilines is 1. The molecule has 0 spiro atoms. The average molecular weight is 412 g/mol. The van der Waals surface area contributed by atoms with Crippen molar-refractivity contribution in [3.05, 3.63) is 65.5 Å². The first-order chi connectivity index (χ1) is 14.5. The zero-order valence-corrected chi connectivity index (χ0v) is 17.9. The lowest BCUT2D eigenvalue weighted by atomic mass is 10.1. The number of para-hydroxylation sites is 1.